The molecule has 8 heteroatoms. The Hall–Kier alpha value is -3.00. The Labute approximate surface area is 228 Å². The molecule has 2 heterocycles. The topological polar surface area (TPSA) is 115 Å². The van der Waals surface area contributed by atoms with Crippen molar-refractivity contribution >= 4 is 18.0 Å². The second-order valence-electron chi connectivity index (χ2n) is 13.3. The molecule has 0 radical (unpaired) electrons. The zero-order chi connectivity index (χ0) is 27.3. The van der Waals surface area contributed by atoms with Gasteiger partial charge in [-0.05, 0) is 105 Å². The Morgan fingerprint density at radius 3 is 2.69 bits per heavy atom. The number of esters is 1. The van der Waals surface area contributed by atoms with Gasteiger partial charge in [0, 0.05) is 17.3 Å². The molecule has 7 unspecified atom stereocenters. The number of ether oxygens (including phenoxy) is 1. The van der Waals surface area contributed by atoms with E-state index < -0.39 is 23.1 Å². The number of carbonyl (C=O) groups is 2. The first kappa shape index (κ1) is 25.0. The number of aryl methyl sites for hydroxylation is 1. The van der Waals surface area contributed by atoms with Gasteiger partial charge in [-0.2, -0.15) is 5.10 Å². The summed E-state index contributed by atoms with van der Waals surface area (Å²) in [5, 5.41) is 27.1. The van der Waals surface area contributed by atoms with Crippen LogP contribution >= 0.6 is 0 Å². The van der Waals surface area contributed by atoms with Gasteiger partial charge >= 0.3 is 11.9 Å². The Balaban J connectivity index is 1.23. The predicted octanol–water partition coefficient (Wildman–Crippen LogP) is 4.51. The highest BCUT2D eigenvalue weighted by molar-refractivity contribution is 5.85. The van der Waals surface area contributed by atoms with E-state index in [4.69, 9.17) is 9.84 Å². The molecule has 2 aromatic rings. The van der Waals surface area contributed by atoms with E-state index in [0.29, 0.717) is 19.3 Å². The molecule has 7 atom stereocenters. The van der Waals surface area contributed by atoms with Gasteiger partial charge in [0.25, 0.3) is 0 Å². The number of hydrogen-bond donors (Lipinski definition) is 2. The maximum absolute atomic E-state index is 12.8. The molecule has 0 bridgehead atoms. The van der Waals surface area contributed by atoms with E-state index in [9.17, 15) is 19.8 Å². The van der Waals surface area contributed by atoms with Gasteiger partial charge in [-0.25, -0.2) is 9.48 Å². The predicted molar refractivity (Wildman–Crippen MR) is 143 cm³/mol. The lowest BCUT2D eigenvalue weighted by atomic mass is 9.45. The van der Waals surface area contributed by atoms with Crippen molar-refractivity contribution in [1.29, 1.82) is 0 Å². The van der Waals surface area contributed by atoms with Gasteiger partial charge < -0.3 is 14.9 Å². The van der Waals surface area contributed by atoms with Crippen LogP contribution in [-0.2, 0) is 20.7 Å². The Morgan fingerprint density at radius 1 is 1.18 bits per heavy atom. The van der Waals surface area contributed by atoms with Gasteiger partial charge in [0.2, 0.25) is 5.60 Å². The van der Waals surface area contributed by atoms with E-state index in [0.717, 1.165) is 49.2 Å². The first-order chi connectivity index (χ1) is 18.6. The first-order valence-electron chi connectivity index (χ1n) is 14.4. The number of pyridine rings is 1. The van der Waals surface area contributed by atoms with Crippen LogP contribution in [0.3, 0.4) is 0 Å². The number of hydrogen-bond acceptors (Lipinski definition) is 6. The maximum atomic E-state index is 12.8. The van der Waals surface area contributed by atoms with Gasteiger partial charge in [-0.3, -0.25) is 9.78 Å². The Morgan fingerprint density at radius 2 is 1.97 bits per heavy atom. The highest BCUT2D eigenvalue weighted by atomic mass is 16.6. The molecule has 8 nitrogen and oxygen atoms in total. The molecule has 5 aliphatic carbocycles. The molecule has 2 N–H and O–H groups in total. The second-order valence-corrected chi connectivity index (χ2v) is 13.3. The zero-order valence-corrected chi connectivity index (χ0v) is 22.9. The molecular formula is C31H37N3O5. The van der Waals surface area contributed by atoms with Crippen LogP contribution in [-0.4, -0.2) is 48.6 Å². The van der Waals surface area contributed by atoms with Gasteiger partial charge in [-0.15, -0.1) is 0 Å². The largest absolute Gasteiger partial charge is 0.478 e. The molecule has 0 spiro atoms. The number of carboxylic acids is 1. The number of rotatable bonds is 4. The molecule has 7 rings (SSSR count). The third kappa shape index (κ3) is 3.39. The van der Waals surface area contributed by atoms with E-state index in [2.05, 4.69) is 18.0 Å². The lowest BCUT2D eigenvalue weighted by Gasteiger charge is -2.60. The number of aromatic nitrogens is 3. The van der Waals surface area contributed by atoms with E-state index >= 15 is 0 Å². The van der Waals surface area contributed by atoms with E-state index in [-0.39, 0.29) is 35.1 Å². The second kappa shape index (κ2) is 8.26. The minimum atomic E-state index is -1.57. The number of aliphatic carboxylic acids is 1. The molecule has 4 fully saturated rings. The molecule has 2 aromatic heterocycles. The van der Waals surface area contributed by atoms with Crippen molar-refractivity contribution in [2.24, 2.45) is 34.5 Å². The summed E-state index contributed by atoms with van der Waals surface area (Å²) in [4.78, 5) is 29.9. The van der Waals surface area contributed by atoms with Gasteiger partial charge in [0.1, 0.15) is 0 Å². The third-order valence-corrected chi connectivity index (χ3v) is 11.2. The number of carbonyl (C=O) groups excluding carboxylic acids is 1. The average Bonchev–Trinajstić information content (AvgIpc) is 3.59. The Bertz CT molecular complexity index is 1410. The van der Waals surface area contributed by atoms with E-state index in [1.807, 2.05) is 36.9 Å². The van der Waals surface area contributed by atoms with Crippen LogP contribution in [0.15, 0.2) is 30.1 Å². The minimum absolute atomic E-state index is 0.0129. The lowest BCUT2D eigenvalue weighted by molar-refractivity contribution is -0.211. The van der Waals surface area contributed by atoms with Crippen molar-refractivity contribution in [1.82, 2.24) is 14.8 Å². The van der Waals surface area contributed by atoms with E-state index in [1.165, 1.54) is 11.1 Å². The summed E-state index contributed by atoms with van der Waals surface area (Å²) in [5.74, 6) is -1.34. The third-order valence-electron chi connectivity index (χ3n) is 11.2. The summed E-state index contributed by atoms with van der Waals surface area (Å²) < 4.78 is 7.93. The molecule has 5 aliphatic rings. The van der Waals surface area contributed by atoms with E-state index in [1.54, 1.807) is 6.20 Å². The van der Waals surface area contributed by atoms with Gasteiger partial charge in [0.15, 0.2) is 0 Å². The quantitative estimate of drug-likeness (QED) is 0.558. The highest BCUT2D eigenvalue weighted by Crippen LogP contribution is 2.68. The number of carboxylic acid groups (broad SMARTS) is 1. The fourth-order valence-electron chi connectivity index (χ4n) is 9.18. The fraction of sp³-hybridized carbons (Fsp3) is 0.613. The van der Waals surface area contributed by atoms with Crippen LogP contribution in [0.5, 0.6) is 0 Å². The zero-order valence-electron chi connectivity index (χ0n) is 22.9. The summed E-state index contributed by atoms with van der Waals surface area (Å²) >= 11 is 0. The normalized spacial score (nSPS) is 38.6. The SMILES string of the molecule is Cc1cc(-n2ncc3c2C=C2CCC4C(C(O)CC5(C)C4CCC5(OC(=O)C4CC4)C(=O)O)C2(C)C3)ccn1. The summed E-state index contributed by atoms with van der Waals surface area (Å²) in [6.45, 7) is 6.22. The molecule has 4 saturated carbocycles. The molecule has 0 aromatic carbocycles. The molecule has 0 aliphatic heterocycles. The number of nitrogens with zero attached hydrogens (tertiary/aromatic N) is 3. The number of aliphatic hydroxyl groups is 1. The van der Waals surface area contributed by atoms with Crippen LogP contribution in [0.25, 0.3) is 11.8 Å². The number of aliphatic hydroxyl groups excluding tert-OH is 1. The standard InChI is InChI=1S/C31H37N3O5/c1-17-12-21(9-11-32-17)34-24-13-20-6-7-22-23-8-10-31(28(37)38,39-27(36)18-4-5-18)30(23,3)15-25(35)26(22)29(20,2)14-19(24)16-33-34/h9,11-13,16,18,22-23,25-26,35H,4-8,10,14-15H2,1-3H3,(H,37,38). The lowest BCUT2D eigenvalue weighted by Crippen LogP contribution is -2.63. The van der Waals surface area contributed by atoms with Crippen LogP contribution in [0.4, 0.5) is 0 Å². The molecule has 39 heavy (non-hydrogen) atoms. The summed E-state index contributed by atoms with van der Waals surface area (Å²) in [5.41, 5.74) is 2.93. The molecular weight excluding hydrogens is 494 g/mol. The van der Waals surface area contributed by atoms with Crippen LogP contribution in [0, 0.1) is 41.4 Å². The van der Waals surface area contributed by atoms with Gasteiger partial charge in [0.05, 0.1) is 29.6 Å². The van der Waals surface area contributed by atoms with Gasteiger partial charge in [-0.1, -0.05) is 19.4 Å². The first-order valence-corrected chi connectivity index (χ1v) is 14.4. The monoisotopic (exact) mass is 531 g/mol. The van der Waals surface area contributed by atoms with Crippen LogP contribution in [0.1, 0.15) is 75.7 Å². The van der Waals surface area contributed by atoms with Crippen molar-refractivity contribution in [3.63, 3.8) is 0 Å². The van der Waals surface area contributed by atoms with Crippen molar-refractivity contribution in [2.75, 3.05) is 0 Å². The van der Waals surface area contributed by atoms with Crippen molar-refractivity contribution in [3.05, 3.63) is 47.1 Å². The summed E-state index contributed by atoms with van der Waals surface area (Å²) in [7, 11) is 0. The van der Waals surface area contributed by atoms with Crippen molar-refractivity contribution in [2.45, 2.75) is 83.8 Å². The number of allylic oxidation sites excluding steroid dienone is 1. The number of fused-ring (bicyclic) bond motifs is 6. The van der Waals surface area contributed by atoms with Crippen molar-refractivity contribution < 1.29 is 24.5 Å². The van der Waals surface area contributed by atoms with Crippen LogP contribution in [0.2, 0.25) is 0 Å². The minimum Gasteiger partial charge on any atom is -0.478 e. The van der Waals surface area contributed by atoms with Crippen molar-refractivity contribution in [3.8, 4) is 5.69 Å². The summed E-state index contributed by atoms with van der Waals surface area (Å²) in [6.07, 6.45) is 10.8. The van der Waals surface area contributed by atoms with Crippen LogP contribution < -0.4 is 0 Å². The Kier molecular flexibility index (Phi) is 5.29. The molecule has 0 saturated heterocycles. The fourth-order valence-corrected chi connectivity index (χ4v) is 9.18. The highest BCUT2D eigenvalue weighted by Gasteiger charge is 2.71. The molecule has 0 amide bonds. The average molecular weight is 532 g/mol. The maximum Gasteiger partial charge on any atom is 0.348 e. The molecule has 206 valence electrons. The summed E-state index contributed by atoms with van der Waals surface area (Å²) in [6, 6.07) is 4.01. The smallest absolute Gasteiger partial charge is 0.348 e.